The van der Waals surface area contributed by atoms with Crippen molar-refractivity contribution >= 4 is 63.8 Å². The zero-order valence-corrected chi connectivity index (χ0v) is 29.1. The van der Waals surface area contributed by atoms with Crippen molar-refractivity contribution in [3.05, 3.63) is 97.4 Å². The number of benzene rings is 3. The number of thiazole rings is 1. The maximum atomic E-state index is 14.0. The van der Waals surface area contributed by atoms with Gasteiger partial charge in [0.15, 0.2) is 18.1 Å². The number of hydrogen-bond acceptors (Lipinski definition) is 8. The number of thioether (sulfide) groups is 1. The molecule has 2 bridgehead atoms. The molecule has 0 radical (unpaired) electrons. The van der Waals surface area contributed by atoms with Crippen molar-refractivity contribution in [2.75, 3.05) is 23.4 Å². The third-order valence-corrected chi connectivity index (χ3v) is 13.1. The van der Waals surface area contributed by atoms with Crippen LogP contribution in [0.15, 0.2) is 76.6 Å². The van der Waals surface area contributed by atoms with E-state index in [1.54, 1.807) is 49.0 Å². The van der Waals surface area contributed by atoms with Crippen LogP contribution in [0.25, 0.3) is 0 Å². The number of H-pyrrole nitrogens is 1. The maximum absolute atomic E-state index is 14.0. The van der Waals surface area contributed by atoms with Gasteiger partial charge in [0.25, 0.3) is 5.91 Å². The van der Waals surface area contributed by atoms with Crippen LogP contribution in [0, 0.1) is 29.6 Å². The molecular weight excluding hydrogens is 727 g/mol. The SMILES string of the molecule is CCOc1cc([C@H]2c3sc(=O)[nH]c3SC3C2[C@H]2C[C@@H]3C3C(=O)N(c4ccc(Cl)cc4)C(=O)C32)ccc1OCC(=O)Nc1cccc(C(F)(F)F)c1. The highest BCUT2D eigenvalue weighted by Crippen LogP contribution is 2.69. The minimum absolute atomic E-state index is 0.0170. The highest BCUT2D eigenvalue weighted by atomic mass is 35.5. The number of alkyl halides is 3. The van der Waals surface area contributed by atoms with Gasteiger partial charge in [-0.15, -0.1) is 11.8 Å². The average Bonchev–Trinajstić information content (AvgIpc) is 3.83. The number of hydrogen-bond donors (Lipinski definition) is 2. The summed E-state index contributed by atoms with van der Waals surface area (Å²) >= 11 is 8.80. The molecule has 2 aliphatic carbocycles. The second-order valence-corrected chi connectivity index (χ2v) is 15.6. The number of aromatic amines is 1. The zero-order chi connectivity index (χ0) is 35.8. The molecule has 3 amide bonds. The van der Waals surface area contributed by atoms with E-state index in [2.05, 4.69) is 10.3 Å². The second-order valence-electron chi connectivity index (χ2n) is 13.0. The molecule has 3 heterocycles. The second kappa shape index (κ2) is 12.7. The van der Waals surface area contributed by atoms with Crippen molar-refractivity contribution in [1.82, 2.24) is 4.98 Å². The first-order chi connectivity index (χ1) is 24.4. The van der Waals surface area contributed by atoms with E-state index in [0.29, 0.717) is 16.5 Å². The summed E-state index contributed by atoms with van der Waals surface area (Å²) in [6, 6.07) is 16.3. The van der Waals surface area contributed by atoms with E-state index in [1.165, 1.54) is 17.0 Å². The van der Waals surface area contributed by atoms with E-state index in [0.717, 1.165) is 45.4 Å². The summed E-state index contributed by atoms with van der Waals surface area (Å²) in [5.74, 6) is -1.89. The van der Waals surface area contributed by atoms with Gasteiger partial charge in [0.2, 0.25) is 11.8 Å². The Kier molecular flexibility index (Phi) is 8.46. The normalized spacial score (nSPS) is 26.1. The number of carbonyl (C=O) groups is 3. The summed E-state index contributed by atoms with van der Waals surface area (Å²) in [5, 5.41) is 3.68. The van der Waals surface area contributed by atoms with Gasteiger partial charge in [-0.25, -0.2) is 0 Å². The van der Waals surface area contributed by atoms with Gasteiger partial charge in [0, 0.05) is 26.8 Å². The highest BCUT2D eigenvalue weighted by Gasteiger charge is 2.69. The van der Waals surface area contributed by atoms with Crippen LogP contribution < -0.4 is 24.6 Å². The number of imide groups is 1. The minimum Gasteiger partial charge on any atom is -0.490 e. The van der Waals surface area contributed by atoms with Gasteiger partial charge in [0.05, 0.1) is 34.7 Å². The van der Waals surface area contributed by atoms with Crippen LogP contribution in [0.1, 0.15) is 35.3 Å². The smallest absolute Gasteiger partial charge is 0.416 e. The molecule has 3 fully saturated rings. The number of ether oxygens (including phenoxy) is 2. The molecule has 9 nitrogen and oxygen atoms in total. The molecule has 0 spiro atoms. The van der Waals surface area contributed by atoms with Gasteiger partial charge in [-0.05, 0) is 91.3 Å². The third-order valence-electron chi connectivity index (χ3n) is 10.3. The Labute approximate surface area is 302 Å². The van der Waals surface area contributed by atoms with Crippen molar-refractivity contribution < 1.29 is 37.0 Å². The summed E-state index contributed by atoms with van der Waals surface area (Å²) in [5.41, 5.74) is 0.431. The lowest BCUT2D eigenvalue weighted by molar-refractivity contribution is -0.137. The Morgan fingerprint density at radius 3 is 2.45 bits per heavy atom. The van der Waals surface area contributed by atoms with Gasteiger partial charge < -0.3 is 19.8 Å². The van der Waals surface area contributed by atoms with Crippen LogP contribution >= 0.6 is 34.7 Å². The number of amides is 3. The lowest BCUT2D eigenvalue weighted by Gasteiger charge is -2.43. The Morgan fingerprint density at radius 1 is 0.980 bits per heavy atom. The Balaban J connectivity index is 1.07. The van der Waals surface area contributed by atoms with Crippen LogP contribution in [0.2, 0.25) is 5.02 Å². The minimum atomic E-state index is -4.55. The number of nitrogens with zero attached hydrogens (tertiary/aromatic N) is 1. The average molecular weight is 756 g/mol. The molecule has 264 valence electrons. The van der Waals surface area contributed by atoms with E-state index in [-0.39, 0.29) is 63.7 Å². The van der Waals surface area contributed by atoms with Gasteiger partial charge in [-0.3, -0.25) is 24.1 Å². The van der Waals surface area contributed by atoms with E-state index in [4.69, 9.17) is 21.1 Å². The van der Waals surface area contributed by atoms with E-state index >= 15 is 0 Å². The van der Waals surface area contributed by atoms with Crippen molar-refractivity contribution in [3.8, 4) is 11.5 Å². The molecule has 4 aromatic rings. The number of fused-ring (bicyclic) bond motifs is 9. The van der Waals surface area contributed by atoms with E-state index in [9.17, 15) is 32.3 Å². The topological polar surface area (TPSA) is 118 Å². The van der Waals surface area contributed by atoms with Crippen LogP contribution in [-0.4, -0.2) is 41.2 Å². The Bertz CT molecular complexity index is 2120. The molecule has 8 rings (SSSR count). The van der Waals surface area contributed by atoms with Crippen LogP contribution in [0.5, 0.6) is 11.5 Å². The Morgan fingerprint density at radius 2 is 1.73 bits per heavy atom. The first-order valence-corrected chi connectivity index (χ1v) is 18.4. The largest absolute Gasteiger partial charge is 0.490 e. The summed E-state index contributed by atoms with van der Waals surface area (Å²) < 4.78 is 51.2. The quantitative estimate of drug-likeness (QED) is 0.183. The number of carbonyl (C=O) groups excluding carboxylic acids is 3. The standard InChI is InChI=1S/C36H29ClF3N3O6S2/c1-2-48-24-12-16(6-11-23(24)49-15-25(44)41-19-5-3-4-17(13-19)36(38,39)40)26-27-21-14-22(30(27)50-32-31(26)51-35(47)42-32)29-28(21)33(45)43(34(29)46)20-9-7-18(37)8-10-20/h3-13,21-22,26-30H,2,14-15H2,1H3,(H,41,44)(H,42,47)/t21-,22-,26-,27?,28?,29?,30?/m1/s1. The number of nitrogens with one attached hydrogen (secondary N) is 2. The molecule has 1 aromatic heterocycles. The van der Waals surface area contributed by atoms with Crippen LogP contribution in [0.3, 0.4) is 0 Å². The molecule has 7 atom stereocenters. The molecule has 15 heteroatoms. The van der Waals surface area contributed by atoms with Gasteiger partial charge >= 0.3 is 11.0 Å². The number of rotatable bonds is 8. The fourth-order valence-electron chi connectivity index (χ4n) is 8.45. The van der Waals surface area contributed by atoms with E-state index < -0.39 is 36.1 Å². The predicted octanol–water partition coefficient (Wildman–Crippen LogP) is 7.20. The van der Waals surface area contributed by atoms with Gasteiger partial charge in [0.1, 0.15) is 0 Å². The lowest BCUT2D eigenvalue weighted by Crippen LogP contribution is -2.42. The fourth-order valence-corrected chi connectivity index (χ4v) is 11.5. The highest BCUT2D eigenvalue weighted by molar-refractivity contribution is 8.00. The molecule has 2 N–H and O–H groups in total. The molecule has 4 aliphatic rings. The fraction of sp³-hybridized carbons (Fsp3) is 0.333. The van der Waals surface area contributed by atoms with Crippen molar-refractivity contribution in [3.63, 3.8) is 0 Å². The molecule has 2 saturated carbocycles. The monoisotopic (exact) mass is 755 g/mol. The first kappa shape index (κ1) is 33.9. The van der Waals surface area contributed by atoms with Gasteiger partial charge in [-0.1, -0.05) is 35.1 Å². The van der Waals surface area contributed by atoms with Gasteiger partial charge in [-0.2, -0.15) is 13.2 Å². The number of aromatic nitrogens is 1. The van der Waals surface area contributed by atoms with Crippen molar-refractivity contribution in [2.24, 2.45) is 29.6 Å². The number of anilines is 2. The number of halogens is 4. The molecule has 4 unspecified atom stereocenters. The summed E-state index contributed by atoms with van der Waals surface area (Å²) in [4.78, 5) is 58.3. The molecule has 1 saturated heterocycles. The molecular formula is C36H29ClF3N3O6S2. The molecule has 2 aliphatic heterocycles. The van der Waals surface area contributed by atoms with Crippen LogP contribution in [-0.2, 0) is 20.6 Å². The summed E-state index contributed by atoms with van der Waals surface area (Å²) in [6.07, 6.45) is -3.83. The summed E-state index contributed by atoms with van der Waals surface area (Å²) in [7, 11) is 0. The maximum Gasteiger partial charge on any atom is 0.416 e. The van der Waals surface area contributed by atoms with Crippen LogP contribution in [0.4, 0.5) is 24.5 Å². The summed E-state index contributed by atoms with van der Waals surface area (Å²) in [6.45, 7) is 1.58. The zero-order valence-electron chi connectivity index (χ0n) is 26.7. The third kappa shape index (κ3) is 5.81. The Hall–Kier alpha value is -4.27. The predicted molar refractivity (Wildman–Crippen MR) is 186 cm³/mol. The van der Waals surface area contributed by atoms with Crippen molar-refractivity contribution in [1.29, 1.82) is 0 Å². The lowest BCUT2D eigenvalue weighted by atomic mass is 9.68. The molecule has 3 aromatic carbocycles. The van der Waals surface area contributed by atoms with Crippen molar-refractivity contribution in [2.45, 2.75) is 35.7 Å². The molecule has 51 heavy (non-hydrogen) atoms. The van der Waals surface area contributed by atoms with E-state index in [1.807, 2.05) is 12.1 Å². The first-order valence-electron chi connectivity index (χ1n) is 16.3.